The molecule has 1 aromatic rings. The third-order valence-corrected chi connectivity index (χ3v) is 2.71. The molecule has 8 heteroatoms. The Balaban J connectivity index is 2.71. The molecule has 17 heavy (non-hydrogen) atoms. The standard InChI is InChI=1S/C9H14N4O3S/c1-3-11-5(14)4-12-8-6(9(15)16-2)7(10)13-17-8/h12H,3-4H2,1-2H3,(H2,10,13)(H,11,14). The van der Waals surface area contributed by atoms with Gasteiger partial charge < -0.3 is 21.1 Å². The molecule has 0 spiro atoms. The van der Waals surface area contributed by atoms with Crippen molar-refractivity contribution in [3.8, 4) is 0 Å². The molecule has 0 atom stereocenters. The van der Waals surface area contributed by atoms with E-state index in [-0.39, 0.29) is 23.8 Å². The summed E-state index contributed by atoms with van der Waals surface area (Å²) in [5, 5.41) is 5.85. The highest BCUT2D eigenvalue weighted by atomic mass is 32.1. The van der Waals surface area contributed by atoms with Gasteiger partial charge in [-0.1, -0.05) is 0 Å². The molecule has 4 N–H and O–H groups in total. The second-order valence-electron chi connectivity index (χ2n) is 3.07. The number of aromatic nitrogens is 1. The molecule has 0 saturated carbocycles. The first-order valence-corrected chi connectivity index (χ1v) is 5.71. The van der Waals surface area contributed by atoms with Crippen LogP contribution in [0.1, 0.15) is 17.3 Å². The first-order valence-electron chi connectivity index (χ1n) is 4.94. The Bertz CT molecular complexity index is 418. The highest BCUT2D eigenvalue weighted by Gasteiger charge is 2.20. The van der Waals surface area contributed by atoms with Gasteiger partial charge in [0.25, 0.3) is 0 Å². The Morgan fingerprint density at radius 1 is 1.53 bits per heavy atom. The summed E-state index contributed by atoms with van der Waals surface area (Å²) in [6.07, 6.45) is 0. The highest BCUT2D eigenvalue weighted by molar-refractivity contribution is 7.11. The van der Waals surface area contributed by atoms with Gasteiger partial charge in [-0.25, -0.2) is 4.79 Å². The van der Waals surface area contributed by atoms with Crippen molar-refractivity contribution in [2.75, 3.05) is 31.2 Å². The van der Waals surface area contributed by atoms with Crippen molar-refractivity contribution >= 4 is 34.2 Å². The average Bonchev–Trinajstić information content (AvgIpc) is 2.67. The van der Waals surface area contributed by atoms with Crippen LogP contribution in [0.25, 0.3) is 0 Å². The topological polar surface area (TPSA) is 106 Å². The third-order valence-electron chi connectivity index (χ3n) is 1.89. The summed E-state index contributed by atoms with van der Waals surface area (Å²) in [6, 6.07) is 0. The molecule has 0 fully saturated rings. The number of nitrogens with zero attached hydrogens (tertiary/aromatic N) is 1. The van der Waals surface area contributed by atoms with Crippen LogP contribution >= 0.6 is 11.5 Å². The van der Waals surface area contributed by atoms with Gasteiger partial charge in [-0.05, 0) is 18.5 Å². The summed E-state index contributed by atoms with van der Waals surface area (Å²) in [5.41, 5.74) is 5.71. The summed E-state index contributed by atoms with van der Waals surface area (Å²) >= 11 is 1.01. The van der Waals surface area contributed by atoms with Crippen LogP contribution in [0, 0.1) is 0 Å². The number of nitrogens with one attached hydrogen (secondary N) is 2. The Morgan fingerprint density at radius 3 is 2.82 bits per heavy atom. The van der Waals surface area contributed by atoms with E-state index in [1.54, 1.807) is 0 Å². The van der Waals surface area contributed by atoms with Gasteiger partial charge in [0.15, 0.2) is 5.82 Å². The van der Waals surface area contributed by atoms with E-state index in [4.69, 9.17) is 5.73 Å². The molecule has 0 aliphatic carbocycles. The number of nitrogen functional groups attached to an aromatic ring is 1. The van der Waals surface area contributed by atoms with Gasteiger partial charge in [0.05, 0.1) is 13.7 Å². The number of esters is 1. The molecule has 0 unspecified atom stereocenters. The molecule has 1 aromatic heterocycles. The first-order chi connectivity index (χ1) is 8.10. The fourth-order valence-corrected chi connectivity index (χ4v) is 1.84. The monoisotopic (exact) mass is 258 g/mol. The van der Waals surface area contributed by atoms with E-state index < -0.39 is 5.97 Å². The SMILES string of the molecule is CCNC(=O)CNc1snc(N)c1C(=O)OC. The largest absolute Gasteiger partial charge is 0.465 e. The predicted molar refractivity (Wildman–Crippen MR) is 65.0 cm³/mol. The number of carbonyl (C=O) groups is 2. The predicted octanol–water partition coefficient (Wildman–Crippen LogP) is 0.0599. The summed E-state index contributed by atoms with van der Waals surface area (Å²) in [6.45, 7) is 2.43. The van der Waals surface area contributed by atoms with Crippen molar-refractivity contribution in [2.24, 2.45) is 0 Å². The molecule has 0 aliphatic heterocycles. The van der Waals surface area contributed by atoms with Crippen LogP contribution in [0.5, 0.6) is 0 Å². The quantitative estimate of drug-likeness (QED) is 0.645. The zero-order valence-electron chi connectivity index (χ0n) is 9.57. The molecule has 1 heterocycles. The summed E-state index contributed by atoms with van der Waals surface area (Å²) < 4.78 is 8.41. The van der Waals surface area contributed by atoms with Crippen LogP contribution in [0.3, 0.4) is 0 Å². The molecule has 0 radical (unpaired) electrons. The number of ether oxygens (including phenoxy) is 1. The fourth-order valence-electron chi connectivity index (χ4n) is 1.14. The normalized spacial score (nSPS) is 9.76. The lowest BCUT2D eigenvalue weighted by Gasteiger charge is -2.05. The minimum absolute atomic E-state index is 0.0550. The molecule has 94 valence electrons. The number of amides is 1. The lowest BCUT2D eigenvalue weighted by Crippen LogP contribution is -2.29. The second kappa shape index (κ2) is 6.04. The van der Waals surface area contributed by atoms with Crippen molar-refractivity contribution in [3.05, 3.63) is 5.56 Å². The molecule has 1 rings (SSSR count). The number of methoxy groups -OCH3 is 1. The fraction of sp³-hybridized carbons (Fsp3) is 0.444. The van der Waals surface area contributed by atoms with Gasteiger partial charge in [0.2, 0.25) is 5.91 Å². The molecule has 7 nitrogen and oxygen atoms in total. The number of nitrogens with two attached hydrogens (primary N) is 1. The maximum atomic E-state index is 11.4. The van der Waals surface area contributed by atoms with E-state index in [9.17, 15) is 9.59 Å². The molecular formula is C9H14N4O3S. The Kier molecular flexibility index (Phi) is 4.70. The van der Waals surface area contributed by atoms with E-state index in [1.165, 1.54) is 7.11 Å². The number of anilines is 2. The molecule has 0 aromatic carbocycles. The van der Waals surface area contributed by atoms with Crippen LogP contribution in [0.2, 0.25) is 0 Å². The van der Waals surface area contributed by atoms with Crippen molar-refractivity contribution in [2.45, 2.75) is 6.92 Å². The maximum Gasteiger partial charge on any atom is 0.344 e. The molecule has 0 bridgehead atoms. The van der Waals surface area contributed by atoms with E-state index in [1.807, 2.05) is 6.92 Å². The lowest BCUT2D eigenvalue weighted by molar-refractivity contribution is -0.119. The molecule has 0 aliphatic rings. The number of hydrogen-bond acceptors (Lipinski definition) is 7. The van der Waals surface area contributed by atoms with E-state index in [2.05, 4.69) is 19.7 Å². The van der Waals surface area contributed by atoms with Crippen LogP contribution in [-0.2, 0) is 9.53 Å². The van der Waals surface area contributed by atoms with Crippen molar-refractivity contribution < 1.29 is 14.3 Å². The number of rotatable bonds is 5. The van der Waals surface area contributed by atoms with Crippen LogP contribution in [0.4, 0.5) is 10.8 Å². The minimum Gasteiger partial charge on any atom is -0.465 e. The smallest absolute Gasteiger partial charge is 0.344 e. The second-order valence-corrected chi connectivity index (χ2v) is 3.84. The van der Waals surface area contributed by atoms with E-state index in [0.29, 0.717) is 11.5 Å². The maximum absolute atomic E-state index is 11.4. The summed E-state index contributed by atoms with van der Waals surface area (Å²) in [7, 11) is 1.26. The highest BCUT2D eigenvalue weighted by Crippen LogP contribution is 2.26. The van der Waals surface area contributed by atoms with E-state index >= 15 is 0 Å². The van der Waals surface area contributed by atoms with Crippen LogP contribution in [0.15, 0.2) is 0 Å². The zero-order chi connectivity index (χ0) is 12.8. The number of likely N-dealkylation sites (N-methyl/N-ethyl adjacent to an activating group) is 1. The van der Waals surface area contributed by atoms with Gasteiger partial charge in [0, 0.05) is 6.54 Å². The van der Waals surface area contributed by atoms with Gasteiger partial charge in [-0.2, -0.15) is 4.37 Å². The van der Waals surface area contributed by atoms with Crippen molar-refractivity contribution in [3.63, 3.8) is 0 Å². The van der Waals surface area contributed by atoms with Gasteiger partial charge >= 0.3 is 5.97 Å². The van der Waals surface area contributed by atoms with Crippen LogP contribution in [-0.4, -0.2) is 36.4 Å². The van der Waals surface area contributed by atoms with Crippen molar-refractivity contribution in [1.29, 1.82) is 0 Å². The Hall–Kier alpha value is -1.83. The summed E-state index contributed by atoms with van der Waals surface area (Å²) in [4.78, 5) is 22.6. The first kappa shape index (κ1) is 13.2. The third kappa shape index (κ3) is 3.31. The molecule has 0 saturated heterocycles. The average molecular weight is 258 g/mol. The summed E-state index contributed by atoms with van der Waals surface area (Å²) in [5.74, 6) is -0.648. The molecule has 1 amide bonds. The number of hydrogen-bond donors (Lipinski definition) is 3. The van der Waals surface area contributed by atoms with Gasteiger partial charge in [0.1, 0.15) is 10.6 Å². The number of carbonyl (C=O) groups excluding carboxylic acids is 2. The van der Waals surface area contributed by atoms with Gasteiger partial charge in [-0.3, -0.25) is 4.79 Å². The zero-order valence-corrected chi connectivity index (χ0v) is 10.4. The van der Waals surface area contributed by atoms with Gasteiger partial charge in [-0.15, -0.1) is 0 Å². The molecular weight excluding hydrogens is 244 g/mol. The Labute approximate surface area is 102 Å². The van der Waals surface area contributed by atoms with Crippen molar-refractivity contribution in [1.82, 2.24) is 9.69 Å². The lowest BCUT2D eigenvalue weighted by atomic mass is 10.3. The van der Waals surface area contributed by atoms with Crippen LogP contribution < -0.4 is 16.4 Å². The van der Waals surface area contributed by atoms with E-state index in [0.717, 1.165) is 11.5 Å². The Morgan fingerprint density at radius 2 is 2.24 bits per heavy atom. The minimum atomic E-state index is -0.574.